The number of hydrogen-bond acceptors (Lipinski definition) is 2. The monoisotopic (exact) mass is 226 g/mol. The third kappa shape index (κ3) is 1.35. The van der Waals surface area contributed by atoms with E-state index in [9.17, 15) is 4.79 Å². The van der Waals surface area contributed by atoms with E-state index >= 15 is 0 Å². The van der Waals surface area contributed by atoms with Crippen LogP contribution in [-0.2, 0) is 4.79 Å². The molecule has 2 fully saturated rings. The fraction of sp³-hybridized carbons (Fsp3) is 0.357. The molecule has 3 nitrogen and oxygen atoms in total. The summed E-state index contributed by atoms with van der Waals surface area (Å²) in [4.78, 5) is 12.2. The average Bonchev–Trinajstić information content (AvgIpc) is 2.75. The van der Waals surface area contributed by atoms with Crippen LogP contribution in [0.5, 0.6) is 0 Å². The van der Waals surface area contributed by atoms with Crippen LogP contribution in [0, 0.1) is 0 Å². The second-order valence-corrected chi connectivity index (χ2v) is 5.03. The van der Waals surface area contributed by atoms with Crippen LogP contribution in [0.1, 0.15) is 19.3 Å². The molecule has 1 heterocycles. The zero-order valence-corrected chi connectivity index (χ0v) is 9.62. The zero-order valence-electron chi connectivity index (χ0n) is 9.62. The number of allylic oxidation sites excluding steroid dienone is 6. The Labute approximate surface area is 100 Å². The lowest BCUT2D eigenvalue weighted by molar-refractivity contribution is -0.121. The van der Waals surface area contributed by atoms with Crippen molar-refractivity contribution in [2.75, 3.05) is 13.1 Å². The topological polar surface area (TPSA) is 32.3 Å². The molecule has 1 aliphatic heterocycles. The Morgan fingerprint density at radius 3 is 2.82 bits per heavy atom. The Balaban J connectivity index is 1.58. The van der Waals surface area contributed by atoms with Gasteiger partial charge in [-0.25, -0.2) is 5.01 Å². The van der Waals surface area contributed by atoms with Gasteiger partial charge in [-0.3, -0.25) is 10.2 Å². The normalized spacial score (nSPS) is 25.3. The number of nitrogens with zero attached hydrogens (tertiary/aromatic N) is 1. The maximum absolute atomic E-state index is 12.2. The highest BCUT2D eigenvalue weighted by molar-refractivity contribution is 6.01. The van der Waals surface area contributed by atoms with Crippen molar-refractivity contribution in [1.29, 1.82) is 0 Å². The third-order valence-electron chi connectivity index (χ3n) is 3.88. The number of carbonyl (C=O) groups excluding carboxylic acids is 1. The number of rotatable bonds is 2. The molecule has 3 heteroatoms. The van der Waals surface area contributed by atoms with E-state index in [1.165, 1.54) is 29.6 Å². The van der Waals surface area contributed by atoms with Gasteiger partial charge >= 0.3 is 0 Å². The number of fused-ring (bicyclic) bond motifs is 2. The van der Waals surface area contributed by atoms with Gasteiger partial charge in [-0.15, -0.1) is 0 Å². The first-order chi connectivity index (χ1) is 8.33. The molecule has 4 rings (SSSR count). The predicted octanol–water partition coefficient (Wildman–Crippen LogP) is 1.62. The van der Waals surface area contributed by atoms with Gasteiger partial charge in [0.25, 0.3) is 5.91 Å². The molecule has 1 N–H and O–H groups in total. The van der Waals surface area contributed by atoms with Gasteiger partial charge in [0.2, 0.25) is 0 Å². The molecule has 17 heavy (non-hydrogen) atoms. The quantitative estimate of drug-likeness (QED) is 0.776. The van der Waals surface area contributed by atoms with Crippen molar-refractivity contribution in [2.24, 2.45) is 0 Å². The molecule has 1 saturated carbocycles. The molecule has 3 aliphatic carbocycles. The van der Waals surface area contributed by atoms with E-state index in [2.05, 4.69) is 17.6 Å². The van der Waals surface area contributed by atoms with E-state index in [1.54, 1.807) is 0 Å². The molecule has 0 aromatic rings. The number of hydrogen-bond donors (Lipinski definition) is 1. The summed E-state index contributed by atoms with van der Waals surface area (Å²) >= 11 is 0. The van der Waals surface area contributed by atoms with E-state index in [0.717, 1.165) is 30.7 Å². The van der Waals surface area contributed by atoms with Crippen LogP contribution in [0.15, 0.2) is 46.1 Å². The van der Waals surface area contributed by atoms with Crippen molar-refractivity contribution >= 4 is 5.91 Å². The summed E-state index contributed by atoms with van der Waals surface area (Å²) in [6.07, 6.45) is 9.70. The zero-order chi connectivity index (χ0) is 11.4. The maximum Gasteiger partial charge on any atom is 0.266 e. The molecular formula is C14H14N2O. The first-order valence-electron chi connectivity index (χ1n) is 6.26. The fourth-order valence-electron chi connectivity index (χ4n) is 2.87. The van der Waals surface area contributed by atoms with Gasteiger partial charge < -0.3 is 0 Å². The smallest absolute Gasteiger partial charge is 0.266 e. The first-order valence-corrected chi connectivity index (χ1v) is 6.26. The lowest BCUT2D eigenvalue weighted by Gasteiger charge is -2.16. The summed E-state index contributed by atoms with van der Waals surface area (Å²) in [6, 6.07) is 0. The van der Waals surface area contributed by atoms with Gasteiger partial charge in [0.1, 0.15) is 0 Å². The Morgan fingerprint density at radius 2 is 2.00 bits per heavy atom. The van der Waals surface area contributed by atoms with Gasteiger partial charge in [-0.1, -0.05) is 6.08 Å². The fourth-order valence-corrected chi connectivity index (χ4v) is 2.87. The molecule has 0 bridgehead atoms. The van der Waals surface area contributed by atoms with Crippen molar-refractivity contribution < 1.29 is 4.79 Å². The highest BCUT2D eigenvalue weighted by atomic mass is 16.2. The van der Waals surface area contributed by atoms with Crippen LogP contribution in [-0.4, -0.2) is 24.0 Å². The third-order valence-corrected chi connectivity index (χ3v) is 3.88. The van der Waals surface area contributed by atoms with Crippen molar-refractivity contribution in [1.82, 2.24) is 10.4 Å². The number of nitrogens with one attached hydrogen (secondary N) is 1. The minimum atomic E-state index is 0.0481. The van der Waals surface area contributed by atoms with E-state index < -0.39 is 0 Å². The van der Waals surface area contributed by atoms with Gasteiger partial charge in [0.05, 0.1) is 0 Å². The van der Waals surface area contributed by atoms with Crippen LogP contribution in [0.3, 0.4) is 0 Å². The van der Waals surface area contributed by atoms with E-state index in [-0.39, 0.29) is 5.91 Å². The number of amides is 1. The van der Waals surface area contributed by atoms with Crippen molar-refractivity contribution in [3.63, 3.8) is 0 Å². The van der Waals surface area contributed by atoms with Crippen LogP contribution in [0.4, 0.5) is 0 Å². The summed E-state index contributed by atoms with van der Waals surface area (Å²) in [5.41, 5.74) is 9.12. The summed E-state index contributed by atoms with van der Waals surface area (Å²) < 4.78 is 0. The van der Waals surface area contributed by atoms with Crippen LogP contribution < -0.4 is 5.43 Å². The second-order valence-electron chi connectivity index (χ2n) is 5.03. The minimum absolute atomic E-state index is 0.0481. The lowest BCUT2D eigenvalue weighted by Crippen LogP contribution is -2.40. The Morgan fingerprint density at radius 1 is 1.18 bits per heavy atom. The Hall–Kier alpha value is -1.61. The van der Waals surface area contributed by atoms with E-state index in [0.29, 0.717) is 0 Å². The van der Waals surface area contributed by atoms with Crippen molar-refractivity contribution in [2.45, 2.75) is 19.3 Å². The standard InChI is InChI=1S/C14H14N2O/c17-14(15-16-5-1-2-6-16)11-4-3-10-12-7-9(12)8-13(10)11/h3-4,8H,1-2,5-7H2,(H,15,17). The molecule has 0 aromatic heterocycles. The van der Waals surface area contributed by atoms with Crippen molar-refractivity contribution in [3.05, 3.63) is 46.1 Å². The Bertz CT molecular complexity index is 543. The molecule has 1 saturated heterocycles. The summed E-state index contributed by atoms with van der Waals surface area (Å²) in [5, 5.41) is 2.03. The minimum Gasteiger partial charge on any atom is -0.285 e. The second kappa shape index (κ2) is 3.20. The summed E-state index contributed by atoms with van der Waals surface area (Å²) in [7, 11) is 0. The largest absolute Gasteiger partial charge is 0.285 e. The first kappa shape index (κ1) is 9.42. The van der Waals surface area contributed by atoms with E-state index in [1.807, 2.05) is 11.1 Å². The molecule has 86 valence electrons. The van der Waals surface area contributed by atoms with Gasteiger partial charge in [0, 0.05) is 18.7 Å². The molecule has 0 atom stereocenters. The van der Waals surface area contributed by atoms with Crippen molar-refractivity contribution in [3.8, 4) is 0 Å². The number of hydrazine groups is 1. The molecule has 0 aromatic carbocycles. The summed E-state index contributed by atoms with van der Waals surface area (Å²) in [5.74, 6) is 0.0481. The maximum atomic E-state index is 12.2. The van der Waals surface area contributed by atoms with Gasteiger partial charge in [-0.05, 0) is 53.7 Å². The molecule has 0 radical (unpaired) electrons. The molecule has 0 spiro atoms. The van der Waals surface area contributed by atoms with Crippen LogP contribution in [0.2, 0.25) is 0 Å². The highest BCUT2D eigenvalue weighted by Crippen LogP contribution is 2.51. The highest BCUT2D eigenvalue weighted by Gasteiger charge is 2.35. The molecule has 4 aliphatic rings. The SMILES string of the molecule is O=C(NN1CCCC1)C1=C2C=C3CC3=C2C=C1. The molecule has 0 unspecified atom stereocenters. The van der Waals surface area contributed by atoms with E-state index in [4.69, 9.17) is 0 Å². The molecule has 1 amide bonds. The molecular weight excluding hydrogens is 212 g/mol. The number of carbonyl (C=O) groups is 1. The van der Waals surface area contributed by atoms with Gasteiger partial charge in [-0.2, -0.15) is 0 Å². The summed E-state index contributed by atoms with van der Waals surface area (Å²) in [6.45, 7) is 1.96. The van der Waals surface area contributed by atoms with Crippen LogP contribution in [0.25, 0.3) is 0 Å². The average molecular weight is 226 g/mol. The Kier molecular flexibility index (Phi) is 1.77. The van der Waals surface area contributed by atoms with Crippen LogP contribution >= 0.6 is 0 Å². The lowest BCUT2D eigenvalue weighted by atomic mass is 10.1. The van der Waals surface area contributed by atoms with Gasteiger partial charge in [0.15, 0.2) is 0 Å². The predicted molar refractivity (Wildman–Crippen MR) is 64.8 cm³/mol.